The number of aromatic amines is 1. The van der Waals surface area contributed by atoms with E-state index in [1.807, 2.05) is 0 Å². The Morgan fingerprint density at radius 3 is 2.35 bits per heavy atom. The second kappa shape index (κ2) is 13.0. The highest BCUT2D eigenvalue weighted by Crippen LogP contribution is 2.62. The molecule has 6 atom stereocenters. The number of hydrogen-bond acceptors (Lipinski definition) is 16. The maximum Gasteiger partial charge on any atom is 0.333 e. The molecular weight excluding hydrogens is 566 g/mol. The Labute approximate surface area is 210 Å². The number of aromatic nitrogens is 4. The van der Waals surface area contributed by atoms with Gasteiger partial charge >= 0.3 is 13.2 Å². The third-order valence-corrected chi connectivity index (χ3v) is 9.69. The molecule has 21 nitrogen and oxygen atoms in total. The van der Waals surface area contributed by atoms with Crippen molar-refractivity contribution in [1.29, 1.82) is 0 Å². The van der Waals surface area contributed by atoms with Gasteiger partial charge in [-0.1, -0.05) is 4.98 Å². The number of fused-ring (bicyclic) bond motifs is 1. The molecule has 3 heterocycles. The molecule has 2 aromatic heterocycles. The van der Waals surface area contributed by atoms with Gasteiger partial charge in [-0.2, -0.15) is 0 Å². The Hall–Kier alpha value is -1.58. The Morgan fingerprint density at radius 1 is 1.24 bits per heavy atom. The van der Waals surface area contributed by atoms with E-state index in [0.717, 1.165) is 0 Å². The number of aliphatic hydroxyl groups excluding tert-OH is 2. The second-order valence-corrected chi connectivity index (χ2v) is 12.8. The Balaban J connectivity index is 0. The van der Waals surface area contributed by atoms with Crippen LogP contribution in [0, 0.1) is 0 Å². The summed E-state index contributed by atoms with van der Waals surface area (Å²) in [6.07, 6.45) is -4.69. The summed E-state index contributed by atoms with van der Waals surface area (Å²) < 4.78 is 51.4. The summed E-state index contributed by atoms with van der Waals surface area (Å²) in [5.41, 5.74) is 5.06. The molecule has 1 fully saturated rings. The average Bonchev–Trinajstić information content (AvgIpc) is 3.07. The van der Waals surface area contributed by atoms with Crippen LogP contribution in [0.3, 0.4) is 0 Å². The van der Waals surface area contributed by atoms with Crippen molar-refractivity contribution in [3.8, 4) is 0 Å². The summed E-state index contributed by atoms with van der Waals surface area (Å²) in [5.74, 6) is -1.99. The lowest BCUT2D eigenvalue weighted by Gasteiger charge is -2.27. The van der Waals surface area contributed by atoms with Crippen molar-refractivity contribution in [2.75, 3.05) is 18.2 Å². The van der Waals surface area contributed by atoms with Crippen LogP contribution in [0.5, 0.6) is 0 Å². The monoisotopic (exact) mass is 597 g/mol. The highest BCUT2D eigenvalue weighted by molar-refractivity contribution is 7.85. The summed E-state index contributed by atoms with van der Waals surface area (Å²) in [4.78, 5) is 47.5. The molecule has 3 rings (SSSR count). The zero-order chi connectivity index (χ0) is 24.9. The van der Waals surface area contributed by atoms with Crippen molar-refractivity contribution < 1.29 is 56.7 Å². The van der Waals surface area contributed by atoms with Gasteiger partial charge in [0.1, 0.15) is 24.2 Å². The minimum Gasteiger partial charge on any atom is -0.778 e. The van der Waals surface area contributed by atoms with Crippen LogP contribution in [-0.2, 0) is 34.3 Å². The number of nitrogen functional groups attached to an aromatic ring is 1. The second-order valence-electron chi connectivity index (χ2n) is 7.14. The molecule has 0 aromatic carbocycles. The van der Waals surface area contributed by atoms with Gasteiger partial charge in [0.25, 0.3) is 19.0 Å². The summed E-state index contributed by atoms with van der Waals surface area (Å²) in [6.45, 7) is -0.847. The third-order valence-electron chi connectivity index (χ3n) is 4.42. The number of rotatable bonds is 8. The molecule has 0 aliphatic carbocycles. The molecule has 2 aromatic rings. The molecule has 2 radical (unpaired) electrons. The largest absolute Gasteiger partial charge is 0.778 e. The lowest BCUT2D eigenvalue weighted by Crippen LogP contribution is -2.46. The molecule has 1 unspecified atom stereocenters. The van der Waals surface area contributed by atoms with E-state index in [4.69, 9.17) is 27.8 Å². The maximum atomic E-state index is 12.1. The zero-order valence-electron chi connectivity index (χ0n) is 19.5. The van der Waals surface area contributed by atoms with Crippen LogP contribution in [0.4, 0.5) is 5.95 Å². The van der Waals surface area contributed by atoms with E-state index in [9.17, 15) is 33.6 Å². The SMILES string of the molecule is N.N.N.N.[B][P@@](=O)(OC[C@H]1O[C@@H]([n+]2cn(C)c3c(=O)[nH]c(N)nc32)[C@H](O)[C@@H]1O)OP(=O)([O-])CP(=O)(O)O. The predicted molar refractivity (Wildman–Crippen MR) is 127 cm³/mol. The standard InChI is InChI=1S/C12H19BN5O12P3.4H3N/c1-17-3-18(9-6(17)10(21)16-12(14)15-9)11-8(20)7(19)5(29-11)2-28-33(13,27)30-32(25,26)4-31(22,23)24;;;;/h3,5,7-8,11,19-20H,2,4H2,1H3,(H5-,14,15,16,21,22,23,24,25,26);4*1H3/t5-,7-,8-,11-,33-;;;;/m1..../s1. The topological polar surface area (TPSA) is 403 Å². The number of ether oxygens (including phenoxy) is 1. The molecule has 25 heteroatoms. The number of hydrogen-bond donors (Lipinski definition) is 10. The molecule has 1 aliphatic heterocycles. The fraction of sp³-hybridized carbons (Fsp3) is 0.583. The van der Waals surface area contributed by atoms with Gasteiger partial charge in [-0.05, 0) is 0 Å². The van der Waals surface area contributed by atoms with Crippen LogP contribution >= 0.6 is 22.7 Å². The Kier molecular flexibility index (Phi) is 13.2. The van der Waals surface area contributed by atoms with Gasteiger partial charge in [0.05, 0.1) is 13.7 Å². The van der Waals surface area contributed by atoms with Gasteiger partial charge in [-0.25, -0.2) is 4.57 Å². The summed E-state index contributed by atoms with van der Waals surface area (Å²) in [7, 11) is -8.69. The zero-order valence-corrected chi connectivity index (χ0v) is 22.2. The molecule has 1 aliphatic rings. The molecule has 19 N–H and O–H groups in total. The van der Waals surface area contributed by atoms with Gasteiger partial charge < -0.3 is 69.1 Å². The van der Waals surface area contributed by atoms with Gasteiger partial charge in [0, 0.05) is 0 Å². The van der Waals surface area contributed by atoms with Crippen LogP contribution in [0.15, 0.2) is 11.1 Å². The van der Waals surface area contributed by atoms with Gasteiger partial charge in [-0.15, -0.1) is 0 Å². The number of aliphatic hydroxyl groups is 2. The first-order valence-electron chi connectivity index (χ1n) is 8.86. The Morgan fingerprint density at radius 2 is 1.81 bits per heavy atom. The number of imidazole rings is 1. The van der Waals surface area contributed by atoms with Crippen molar-refractivity contribution in [2.24, 2.45) is 7.05 Å². The number of H-pyrrole nitrogens is 1. The van der Waals surface area contributed by atoms with Crippen LogP contribution in [0.1, 0.15) is 6.23 Å². The predicted octanol–water partition coefficient (Wildman–Crippen LogP) is -2.60. The summed E-state index contributed by atoms with van der Waals surface area (Å²) >= 11 is 0. The van der Waals surface area contributed by atoms with Crippen LogP contribution in [0.2, 0.25) is 0 Å². The molecule has 0 bridgehead atoms. The van der Waals surface area contributed by atoms with E-state index >= 15 is 0 Å². The fourth-order valence-electron chi connectivity index (χ4n) is 3.18. The highest BCUT2D eigenvalue weighted by Gasteiger charge is 2.47. The lowest BCUT2D eigenvalue weighted by atomic mass is 10.1. The number of anilines is 1. The van der Waals surface area contributed by atoms with E-state index < -0.39 is 65.3 Å². The van der Waals surface area contributed by atoms with Crippen LogP contribution in [0.25, 0.3) is 11.2 Å². The van der Waals surface area contributed by atoms with Gasteiger partial charge in [0.2, 0.25) is 19.3 Å². The maximum absolute atomic E-state index is 12.1. The quantitative estimate of drug-likeness (QED) is 0.0846. The normalized spacial score (nSPS) is 24.5. The number of nitrogens with two attached hydrogens (primary N) is 1. The molecule has 0 spiro atoms. The molecule has 1 saturated heterocycles. The smallest absolute Gasteiger partial charge is 0.333 e. The number of nitrogens with zero attached hydrogens (tertiary/aromatic N) is 3. The van der Waals surface area contributed by atoms with Crippen molar-refractivity contribution in [3.05, 3.63) is 16.7 Å². The fourth-order valence-corrected chi connectivity index (χ4v) is 7.58. The first kappa shape index (κ1) is 37.6. The molecule has 0 amide bonds. The molecular formula is C12H31BN9O12P3. The summed E-state index contributed by atoms with van der Waals surface area (Å²) in [6, 6.07) is 0. The van der Waals surface area contributed by atoms with E-state index in [-0.39, 0.29) is 41.7 Å². The van der Waals surface area contributed by atoms with Gasteiger partial charge in [-0.3, -0.25) is 27.8 Å². The minimum absolute atomic E-state index is 0. The van der Waals surface area contributed by atoms with Crippen LogP contribution in [-0.4, -0.2) is 72.9 Å². The van der Waals surface area contributed by atoms with E-state index in [1.54, 1.807) is 0 Å². The van der Waals surface area contributed by atoms with Crippen molar-refractivity contribution in [3.63, 3.8) is 0 Å². The molecule has 0 saturated carbocycles. The number of nitrogens with one attached hydrogen (secondary N) is 1. The first-order valence-corrected chi connectivity index (χ1v) is 14.0. The number of aryl methyl sites for hydroxylation is 1. The first-order chi connectivity index (χ1) is 15.0. The van der Waals surface area contributed by atoms with Crippen LogP contribution < -0.4 is 45.4 Å². The van der Waals surface area contributed by atoms with E-state index in [2.05, 4.69) is 18.8 Å². The van der Waals surface area contributed by atoms with E-state index in [0.29, 0.717) is 0 Å². The lowest BCUT2D eigenvalue weighted by molar-refractivity contribution is -0.745. The highest BCUT2D eigenvalue weighted by atomic mass is 31.3. The van der Waals surface area contributed by atoms with E-state index in [1.165, 1.54) is 22.5 Å². The van der Waals surface area contributed by atoms with Crippen molar-refractivity contribution in [2.45, 2.75) is 24.5 Å². The Bertz CT molecular complexity index is 1270. The molecule has 214 valence electrons. The third kappa shape index (κ3) is 8.72. The van der Waals surface area contributed by atoms with Crippen molar-refractivity contribution in [1.82, 2.24) is 39.1 Å². The minimum atomic E-state index is -5.36. The van der Waals surface area contributed by atoms with Crippen molar-refractivity contribution >= 4 is 47.3 Å². The summed E-state index contributed by atoms with van der Waals surface area (Å²) in [5, 5.41) is 20.7. The van der Waals surface area contributed by atoms with Gasteiger partial charge in [0.15, 0.2) is 13.9 Å². The molecule has 37 heavy (non-hydrogen) atoms. The average molecular weight is 597 g/mol.